The van der Waals surface area contributed by atoms with Crippen molar-refractivity contribution >= 4 is 17.6 Å². The molecule has 0 bridgehead atoms. The van der Waals surface area contributed by atoms with Crippen molar-refractivity contribution in [2.45, 2.75) is 39.3 Å². The van der Waals surface area contributed by atoms with Crippen molar-refractivity contribution < 1.29 is 9.53 Å². The maximum Gasteiger partial charge on any atom is 0.338 e. The maximum atomic E-state index is 12.8. The summed E-state index contributed by atoms with van der Waals surface area (Å²) in [4.78, 5) is 16.9. The van der Waals surface area contributed by atoms with Crippen molar-refractivity contribution in [1.29, 1.82) is 0 Å². The van der Waals surface area contributed by atoms with Crippen LogP contribution < -0.4 is 0 Å². The zero-order chi connectivity index (χ0) is 20.1. The summed E-state index contributed by atoms with van der Waals surface area (Å²) < 4.78 is 7.80. The minimum atomic E-state index is -0.419. The highest BCUT2D eigenvalue weighted by molar-refractivity contribution is 6.30. The fourth-order valence-electron chi connectivity index (χ4n) is 3.18. The lowest BCUT2D eigenvalue weighted by Gasteiger charge is -2.36. The highest BCUT2D eigenvalue weighted by Gasteiger charge is 2.37. The molecule has 0 N–H and O–H groups in total. The van der Waals surface area contributed by atoms with Gasteiger partial charge in [0.25, 0.3) is 0 Å². The van der Waals surface area contributed by atoms with Gasteiger partial charge in [0, 0.05) is 10.4 Å². The number of carbonyl (C=O) groups is 1. The Kier molecular flexibility index (Phi) is 6.15. The Morgan fingerprint density at radius 3 is 2.36 bits per heavy atom. The number of nitrogens with zero attached hydrogens (tertiary/aromatic N) is 3. The van der Waals surface area contributed by atoms with Crippen LogP contribution in [0.5, 0.6) is 0 Å². The first-order chi connectivity index (χ1) is 13.3. The van der Waals surface area contributed by atoms with Gasteiger partial charge in [0.15, 0.2) is 0 Å². The van der Waals surface area contributed by atoms with E-state index in [1.807, 2.05) is 42.5 Å². The molecule has 28 heavy (non-hydrogen) atoms. The summed E-state index contributed by atoms with van der Waals surface area (Å²) in [6.07, 6.45) is 3.37. The van der Waals surface area contributed by atoms with E-state index in [1.165, 1.54) is 6.33 Å². The van der Waals surface area contributed by atoms with Crippen LogP contribution in [0.25, 0.3) is 0 Å². The molecule has 0 saturated heterocycles. The molecule has 1 aromatic heterocycles. The van der Waals surface area contributed by atoms with Crippen LogP contribution in [0.1, 0.15) is 42.7 Å². The molecule has 3 aromatic rings. The first kappa shape index (κ1) is 20.1. The minimum absolute atomic E-state index is 0.212. The van der Waals surface area contributed by atoms with Crippen molar-refractivity contribution in [2.75, 3.05) is 0 Å². The molecule has 6 heteroatoms. The summed E-state index contributed by atoms with van der Waals surface area (Å²) in [5.41, 5.74) is 1.29. The molecule has 0 spiro atoms. The van der Waals surface area contributed by atoms with Gasteiger partial charge in [-0.15, -0.1) is 0 Å². The lowest BCUT2D eigenvalue weighted by molar-refractivity contribution is -0.0282. The molecule has 0 saturated carbocycles. The molecule has 0 fully saturated rings. The second kappa shape index (κ2) is 8.57. The molecule has 0 amide bonds. The highest BCUT2D eigenvalue weighted by Crippen LogP contribution is 2.34. The Morgan fingerprint density at radius 2 is 1.79 bits per heavy atom. The number of halogens is 1. The predicted molar refractivity (Wildman–Crippen MR) is 109 cm³/mol. The third-order valence-corrected chi connectivity index (χ3v) is 4.83. The summed E-state index contributed by atoms with van der Waals surface area (Å²) in [7, 11) is 0. The smallest absolute Gasteiger partial charge is 0.338 e. The number of hydrogen-bond donors (Lipinski definition) is 0. The standard InChI is InChI=1S/C22H24ClN3O2/c1-22(2,3)20(28-21(27)17-7-5-4-6-8-17)19(26-15-24-14-25-26)13-16-9-11-18(23)12-10-16/h4-12,14-15,19-20H,13H2,1-3H3. The van der Waals surface area contributed by atoms with Gasteiger partial charge in [-0.1, -0.05) is 62.7 Å². The Labute approximate surface area is 170 Å². The predicted octanol–water partition coefficient (Wildman–Crippen LogP) is 4.99. The Hall–Kier alpha value is -2.66. The number of esters is 1. The third-order valence-electron chi connectivity index (χ3n) is 4.58. The van der Waals surface area contributed by atoms with Gasteiger partial charge in [-0.2, -0.15) is 5.10 Å². The van der Waals surface area contributed by atoms with Crippen LogP contribution in [0.2, 0.25) is 5.02 Å². The van der Waals surface area contributed by atoms with Gasteiger partial charge in [-0.05, 0) is 36.2 Å². The van der Waals surface area contributed by atoms with Gasteiger partial charge < -0.3 is 4.74 Å². The first-order valence-electron chi connectivity index (χ1n) is 9.19. The van der Waals surface area contributed by atoms with Gasteiger partial charge in [-0.3, -0.25) is 0 Å². The molecule has 0 aliphatic carbocycles. The van der Waals surface area contributed by atoms with Crippen LogP contribution in [0.15, 0.2) is 67.3 Å². The molecule has 2 aromatic carbocycles. The first-order valence-corrected chi connectivity index (χ1v) is 9.57. The minimum Gasteiger partial charge on any atom is -0.456 e. The van der Waals surface area contributed by atoms with Gasteiger partial charge >= 0.3 is 5.97 Å². The zero-order valence-electron chi connectivity index (χ0n) is 16.2. The van der Waals surface area contributed by atoms with Crippen molar-refractivity contribution in [3.63, 3.8) is 0 Å². The van der Waals surface area contributed by atoms with Crippen LogP contribution in [0.3, 0.4) is 0 Å². The fourth-order valence-corrected chi connectivity index (χ4v) is 3.31. The van der Waals surface area contributed by atoms with E-state index >= 15 is 0 Å². The molecule has 2 unspecified atom stereocenters. The van der Waals surface area contributed by atoms with Crippen LogP contribution in [0.4, 0.5) is 0 Å². The number of rotatable bonds is 6. The number of benzene rings is 2. The highest BCUT2D eigenvalue weighted by atomic mass is 35.5. The summed E-state index contributed by atoms with van der Waals surface area (Å²) >= 11 is 6.02. The summed E-state index contributed by atoms with van der Waals surface area (Å²) in [6, 6.07) is 16.5. The summed E-state index contributed by atoms with van der Waals surface area (Å²) in [5, 5.41) is 5.02. The fraction of sp³-hybridized carbons (Fsp3) is 0.318. The average molecular weight is 398 g/mol. The van der Waals surface area contributed by atoms with Gasteiger partial charge in [0.05, 0.1) is 11.6 Å². The monoisotopic (exact) mass is 397 g/mol. The lowest BCUT2D eigenvalue weighted by atomic mass is 9.82. The van der Waals surface area contributed by atoms with E-state index in [0.717, 1.165) is 5.56 Å². The largest absolute Gasteiger partial charge is 0.456 e. The normalized spacial score (nSPS) is 13.7. The van der Waals surface area contributed by atoms with Crippen molar-refractivity contribution in [1.82, 2.24) is 14.8 Å². The molecule has 0 radical (unpaired) electrons. The van der Waals surface area contributed by atoms with E-state index in [-0.39, 0.29) is 17.4 Å². The molecular weight excluding hydrogens is 374 g/mol. The number of aromatic nitrogens is 3. The van der Waals surface area contributed by atoms with E-state index in [9.17, 15) is 4.79 Å². The second-order valence-corrected chi connectivity index (χ2v) is 8.27. The third kappa shape index (κ3) is 4.98. The molecular formula is C22H24ClN3O2. The number of carbonyl (C=O) groups excluding carboxylic acids is 1. The maximum absolute atomic E-state index is 12.8. The molecule has 5 nitrogen and oxygen atoms in total. The number of ether oxygens (including phenoxy) is 1. The van der Waals surface area contributed by atoms with Crippen molar-refractivity contribution in [3.05, 3.63) is 83.4 Å². The van der Waals surface area contributed by atoms with Crippen LogP contribution >= 0.6 is 11.6 Å². The molecule has 0 aliphatic heterocycles. The van der Waals surface area contributed by atoms with E-state index in [0.29, 0.717) is 17.0 Å². The average Bonchev–Trinajstić information content (AvgIpc) is 3.20. The number of hydrogen-bond acceptors (Lipinski definition) is 4. The van der Waals surface area contributed by atoms with Gasteiger partial charge in [-0.25, -0.2) is 14.5 Å². The van der Waals surface area contributed by atoms with E-state index in [1.54, 1.807) is 23.1 Å². The Bertz CT molecular complexity index is 888. The van der Waals surface area contributed by atoms with Crippen LogP contribution in [-0.4, -0.2) is 26.8 Å². The molecule has 1 heterocycles. The van der Waals surface area contributed by atoms with E-state index in [2.05, 4.69) is 30.9 Å². The topological polar surface area (TPSA) is 57.0 Å². The van der Waals surface area contributed by atoms with E-state index < -0.39 is 6.10 Å². The molecule has 3 rings (SSSR count). The lowest BCUT2D eigenvalue weighted by Crippen LogP contribution is -2.40. The SMILES string of the molecule is CC(C)(C)C(OC(=O)c1ccccc1)C(Cc1ccc(Cl)cc1)n1cncn1. The summed E-state index contributed by atoms with van der Waals surface area (Å²) in [6.45, 7) is 6.17. The quantitative estimate of drug-likeness (QED) is 0.550. The molecule has 0 aliphatic rings. The van der Waals surface area contributed by atoms with Gasteiger partial charge in [0.2, 0.25) is 0 Å². The summed E-state index contributed by atoms with van der Waals surface area (Å²) in [5.74, 6) is -0.346. The van der Waals surface area contributed by atoms with Crippen LogP contribution in [0, 0.1) is 5.41 Å². The van der Waals surface area contributed by atoms with E-state index in [4.69, 9.17) is 16.3 Å². The Morgan fingerprint density at radius 1 is 1.11 bits per heavy atom. The van der Waals surface area contributed by atoms with Crippen LogP contribution in [-0.2, 0) is 11.2 Å². The van der Waals surface area contributed by atoms with Crippen molar-refractivity contribution in [3.8, 4) is 0 Å². The molecule has 2 atom stereocenters. The van der Waals surface area contributed by atoms with Crippen molar-refractivity contribution in [2.24, 2.45) is 5.41 Å². The Balaban J connectivity index is 1.93. The zero-order valence-corrected chi connectivity index (χ0v) is 17.0. The van der Waals surface area contributed by atoms with Gasteiger partial charge in [0.1, 0.15) is 18.8 Å². The molecule has 146 valence electrons. The second-order valence-electron chi connectivity index (χ2n) is 7.83.